The van der Waals surface area contributed by atoms with Crippen LogP contribution in [0.2, 0.25) is 0 Å². The van der Waals surface area contributed by atoms with Crippen LogP contribution in [0, 0.1) is 5.92 Å². The summed E-state index contributed by atoms with van der Waals surface area (Å²) in [5.74, 6) is 0.280. The predicted octanol–water partition coefficient (Wildman–Crippen LogP) is 1.28. The molecule has 3 N–H and O–H groups in total. The molecule has 4 heteroatoms. The van der Waals surface area contributed by atoms with Gasteiger partial charge in [-0.05, 0) is 43.4 Å². The molecular formula is C13H17NO3. The highest BCUT2D eigenvalue weighted by atomic mass is 16.3. The second-order valence-corrected chi connectivity index (χ2v) is 4.59. The molecule has 2 rings (SSSR count). The molecule has 4 nitrogen and oxygen atoms in total. The Labute approximate surface area is 100 Å². The molecular weight excluding hydrogens is 218 g/mol. The number of benzene rings is 1. The van der Waals surface area contributed by atoms with Crippen molar-refractivity contribution in [2.24, 2.45) is 5.92 Å². The highest BCUT2D eigenvalue weighted by Gasteiger charge is 2.23. The lowest BCUT2D eigenvalue weighted by molar-refractivity contribution is 0.0944. The van der Waals surface area contributed by atoms with Crippen LogP contribution in [0.5, 0.6) is 5.75 Å². The number of amides is 1. The molecule has 0 spiro atoms. The number of aliphatic hydroxyl groups is 1. The fourth-order valence-corrected chi connectivity index (χ4v) is 2.22. The van der Waals surface area contributed by atoms with Gasteiger partial charge in [0.15, 0.2) is 0 Å². The Morgan fingerprint density at radius 3 is 2.88 bits per heavy atom. The number of aromatic hydroxyl groups is 1. The van der Waals surface area contributed by atoms with Crippen molar-refractivity contribution in [3.63, 3.8) is 0 Å². The molecule has 0 aliphatic heterocycles. The molecule has 1 aromatic rings. The third kappa shape index (κ3) is 3.20. The maximum atomic E-state index is 11.8. The van der Waals surface area contributed by atoms with Gasteiger partial charge < -0.3 is 15.5 Å². The first-order chi connectivity index (χ1) is 8.15. The van der Waals surface area contributed by atoms with E-state index in [-0.39, 0.29) is 17.8 Å². The van der Waals surface area contributed by atoms with Gasteiger partial charge in [-0.3, -0.25) is 4.79 Å². The minimum absolute atomic E-state index is 0.0916. The number of nitrogens with one attached hydrogen (secondary N) is 1. The van der Waals surface area contributed by atoms with E-state index < -0.39 is 0 Å². The first-order valence-corrected chi connectivity index (χ1v) is 5.90. The molecule has 0 heterocycles. The standard InChI is InChI=1S/C13H17NO3/c15-11-3-1-2-10(7-11)13(17)14-8-9-4-5-12(16)6-9/h1-3,7,9,12,15-16H,4-6,8H2,(H,14,17). The number of phenolic OH excluding ortho intramolecular Hbond substituents is 1. The van der Waals surface area contributed by atoms with Gasteiger partial charge in [0.05, 0.1) is 6.10 Å². The van der Waals surface area contributed by atoms with Gasteiger partial charge in [0.2, 0.25) is 0 Å². The van der Waals surface area contributed by atoms with E-state index in [4.69, 9.17) is 0 Å². The molecule has 0 aromatic heterocycles. The molecule has 17 heavy (non-hydrogen) atoms. The number of rotatable bonds is 3. The lowest BCUT2D eigenvalue weighted by Crippen LogP contribution is -2.28. The Hall–Kier alpha value is -1.55. The van der Waals surface area contributed by atoms with Gasteiger partial charge in [-0.1, -0.05) is 6.07 Å². The summed E-state index contributed by atoms with van der Waals surface area (Å²) >= 11 is 0. The topological polar surface area (TPSA) is 69.6 Å². The Morgan fingerprint density at radius 1 is 1.41 bits per heavy atom. The third-order valence-corrected chi connectivity index (χ3v) is 3.17. The maximum Gasteiger partial charge on any atom is 0.251 e. The summed E-state index contributed by atoms with van der Waals surface area (Å²) in [6.07, 6.45) is 2.34. The van der Waals surface area contributed by atoms with Crippen LogP contribution in [0.4, 0.5) is 0 Å². The summed E-state index contributed by atoms with van der Waals surface area (Å²) in [6.45, 7) is 0.589. The van der Waals surface area contributed by atoms with Crippen molar-refractivity contribution in [2.45, 2.75) is 25.4 Å². The third-order valence-electron chi connectivity index (χ3n) is 3.17. The van der Waals surface area contributed by atoms with E-state index in [1.807, 2.05) is 0 Å². The molecule has 2 unspecified atom stereocenters. The molecule has 2 atom stereocenters. The van der Waals surface area contributed by atoms with Crippen molar-refractivity contribution in [1.29, 1.82) is 0 Å². The van der Waals surface area contributed by atoms with Gasteiger partial charge in [-0.15, -0.1) is 0 Å². The second kappa shape index (κ2) is 5.19. The van der Waals surface area contributed by atoms with E-state index in [1.165, 1.54) is 12.1 Å². The molecule has 0 saturated heterocycles. The largest absolute Gasteiger partial charge is 0.508 e. The Kier molecular flexibility index (Phi) is 3.64. The van der Waals surface area contributed by atoms with E-state index in [0.29, 0.717) is 18.0 Å². The zero-order valence-corrected chi connectivity index (χ0v) is 9.60. The summed E-state index contributed by atoms with van der Waals surface area (Å²) in [5, 5.41) is 21.5. The van der Waals surface area contributed by atoms with Crippen molar-refractivity contribution in [3.8, 4) is 5.75 Å². The number of phenols is 1. The predicted molar refractivity (Wildman–Crippen MR) is 63.8 cm³/mol. The van der Waals surface area contributed by atoms with Crippen LogP contribution >= 0.6 is 0 Å². The van der Waals surface area contributed by atoms with E-state index >= 15 is 0 Å². The van der Waals surface area contributed by atoms with Crippen LogP contribution in [-0.2, 0) is 0 Å². The Balaban J connectivity index is 1.85. The highest BCUT2D eigenvalue weighted by molar-refractivity contribution is 5.94. The Bertz CT molecular complexity index is 405. The molecule has 92 valence electrons. The lowest BCUT2D eigenvalue weighted by Gasteiger charge is -2.10. The fourth-order valence-electron chi connectivity index (χ4n) is 2.22. The molecule has 1 aliphatic carbocycles. The van der Waals surface area contributed by atoms with Crippen molar-refractivity contribution >= 4 is 5.91 Å². The van der Waals surface area contributed by atoms with Gasteiger partial charge in [-0.25, -0.2) is 0 Å². The van der Waals surface area contributed by atoms with E-state index in [1.54, 1.807) is 12.1 Å². The molecule has 1 aliphatic rings. The normalized spacial score (nSPS) is 23.6. The zero-order valence-electron chi connectivity index (χ0n) is 9.60. The summed E-state index contributed by atoms with van der Waals surface area (Å²) in [6, 6.07) is 6.28. The molecule has 0 bridgehead atoms. The van der Waals surface area contributed by atoms with Crippen LogP contribution in [-0.4, -0.2) is 28.8 Å². The van der Waals surface area contributed by atoms with Gasteiger partial charge in [-0.2, -0.15) is 0 Å². The van der Waals surface area contributed by atoms with Crippen molar-refractivity contribution in [2.75, 3.05) is 6.54 Å². The van der Waals surface area contributed by atoms with Gasteiger partial charge >= 0.3 is 0 Å². The van der Waals surface area contributed by atoms with Crippen LogP contribution in [0.3, 0.4) is 0 Å². The minimum atomic E-state index is -0.210. The first-order valence-electron chi connectivity index (χ1n) is 5.90. The van der Waals surface area contributed by atoms with E-state index in [0.717, 1.165) is 19.3 Å². The molecule has 0 radical (unpaired) electrons. The number of carbonyl (C=O) groups is 1. The molecule has 1 amide bonds. The van der Waals surface area contributed by atoms with Gasteiger partial charge in [0, 0.05) is 12.1 Å². The van der Waals surface area contributed by atoms with E-state index in [2.05, 4.69) is 5.32 Å². The smallest absolute Gasteiger partial charge is 0.251 e. The first kappa shape index (κ1) is 11.9. The van der Waals surface area contributed by atoms with Crippen LogP contribution < -0.4 is 5.32 Å². The zero-order chi connectivity index (χ0) is 12.3. The SMILES string of the molecule is O=C(NCC1CCC(O)C1)c1cccc(O)c1. The number of aliphatic hydroxyl groups excluding tert-OH is 1. The maximum absolute atomic E-state index is 11.8. The number of hydrogen-bond donors (Lipinski definition) is 3. The second-order valence-electron chi connectivity index (χ2n) is 4.59. The van der Waals surface area contributed by atoms with Crippen molar-refractivity contribution < 1.29 is 15.0 Å². The average molecular weight is 235 g/mol. The van der Waals surface area contributed by atoms with Crippen LogP contribution in [0.15, 0.2) is 24.3 Å². The quantitative estimate of drug-likeness (QED) is 0.739. The van der Waals surface area contributed by atoms with Crippen molar-refractivity contribution in [1.82, 2.24) is 5.32 Å². The van der Waals surface area contributed by atoms with E-state index in [9.17, 15) is 15.0 Å². The lowest BCUT2D eigenvalue weighted by atomic mass is 10.1. The highest BCUT2D eigenvalue weighted by Crippen LogP contribution is 2.24. The van der Waals surface area contributed by atoms with Crippen LogP contribution in [0.25, 0.3) is 0 Å². The Morgan fingerprint density at radius 2 is 2.24 bits per heavy atom. The molecule has 1 fully saturated rings. The summed E-state index contributed by atoms with van der Waals surface area (Å²) in [4.78, 5) is 11.8. The van der Waals surface area contributed by atoms with Crippen LogP contribution in [0.1, 0.15) is 29.6 Å². The summed E-state index contributed by atoms with van der Waals surface area (Å²) < 4.78 is 0. The molecule has 1 saturated carbocycles. The summed E-state index contributed by atoms with van der Waals surface area (Å²) in [7, 11) is 0. The van der Waals surface area contributed by atoms with Gasteiger partial charge in [0.25, 0.3) is 5.91 Å². The summed E-state index contributed by atoms with van der Waals surface area (Å²) in [5.41, 5.74) is 0.462. The number of carbonyl (C=O) groups excluding carboxylic acids is 1. The number of hydrogen-bond acceptors (Lipinski definition) is 3. The molecule has 1 aromatic carbocycles. The van der Waals surface area contributed by atoms with Gasteiger partial charge in [0.1, 0.15) is 5.75 Å². The van der Waals surface area contributed by atoms with Crippen molar-refractivity contribution in [3.05, 3.63) is 29.8 Å². The monoisotopic (exact) mass is 235 g/mol. The fraction of sp³-hybridized carbons (Fsp3) is 0.462. The minimum Gasteiger partial charge on any atom is -0.508 e. The average Bonchev–Trinajstić information content (AvgIpc) is 2.72.